The Morgan fingerprint density at radius 1 is 0.900 bits per heavy atom. The van der Waals surface area contributed by atoms with Crippen molar-refractivity contribution in [1.82, 2.24) is 0 Å². The van der Waals surface area contributed by atoms with Crippen LogP contribution < -0.4 is 0 Å². The van der Waals surface area contributed by atoms with Gasteiger partial charge in [0.15, 0.2) is 0 Å². The lowest BCUT2D eigenvalue weighted by Crippen LogP contribution is -2.45. The van der Waals surface area contributed by atoms with Crippen LogP contribution in [0.5, 0.6) is 0 Å². The zero-order valence-corrected chi connectivity index (χ0v) is 11.1. The van der Waals surface area contributed by atoms with E-state index in [1.807, 2.05) is 0 Å². The molecule has 0 saturated carbocycles. The quantitative estimate of drug-likeness (QED) is 0.430. The van der Waals surface area contributed by atoms with Crippen LogP contribution in [0.15, 0.2) is 0 Å². The van der Waals surface area contributed by atoms with Crippen molar-refractivity contribution in [2.24, 2.45) is 5.41 Å². The van der Waals surface area contributed by atoms with Gasteiger partial charge in [0.2, 0.25) is 0 Å². The fraction of sp³-hybridized carbons (Fsp3) is 0.818. The maximum atomic E-state index is 12.4. The Balaban J connectivity index is 4.22. The molecule has 0 aliphatic carbocycles. The second-order valence-electron chi connectivity index (χ2n) is 4.58. The SMILES string of the molecule is CCC(C)(C)C(=O)OCCOC(=O)C(F)(F)C(F)(F)F. The summed E-state index contributed by atoms with van der Waals surface area (Å²) in [6, 6.07) is 0. The Bertz CT molecular complexity index is 362. The highest BCUT2D eigenvalue weighted by atomic mass is 19.4. The molecular weight excluding hydrogens is 291 g/mol. The minimum absolute atomic E-state index is 0.442. The van der Waals surface area contributed by atoms with E-state index >= 15 is 0 Å². The molecule has 0 saturated heterocycles. The van der Waals surface area contributed by atoms with Crippen molar-refractivity contribution in [3.8, 4) is 0 Å². The molecule has 0 aliphatic rings. The van der Waals surface area contributed by atoms with E-state index in [4.69, 9.17) is 0 Å². The molecule has 118 valence electrons. The number of alkyl halides is 5. The third-order valence-electron chi connectivity index (χ3n) is 2.60. The number of hydrogen-bond acceptors (Lipinski definition) is 4. The van der Waals surface area contributed by atoms with Gasteiger partial charge in [-0.2, -0.15) is 22.0 Å². The van der Waals surface area contributed by atoms with Gasteiger partial charge in [0, 0.05) is 0 Å². The number of halogens is 5. The molecular formula is C11H15F5O4. The van der Waals surface area contributed by atoms with Crippen molar-refractivity contribution in [3.05, 3.63) is 0 Å². The molecule has 0 aromatic rings. The molecule has 0 radical (unpaired) electrons. The molecule has 0 aliphatic heterocycles. The van der Waals surface area contributed by atoms with E-state index in [2.05, 4.69) is 9.47 Å². The van der Waals surface area contributed by atoms with Gasteiger partial charge >= 0.3 is 24.0 Å². The smallest absolute Gasteiger partial charge is 0.462 e. The summed E-state index contributed by atoms with van der Waals surface area (Å²) in [5, 5.41) is 0. The molecule has 0 aromatic heterocycles. The van der Waals surface area contributed by atoms with Crippen molar-refractivity contribution < 1.29 is 41.0 Å². The zero-order chi connectivity index (χ0) is 16.2. The van der Waals surface area contributed by atoms with Crippen LogP contribution in [-0.2, 0) is 19.1 Å². The second kappa shape index (κ2) is 6.36. The molecule has 0 rings (SSSR count). The molecule has 0 aromatic carbocycles. The van der Waals surface area contributed by atoms with E-state index in [1.165, 1.54) is 0 Å². The van der Waals surface area contributed by atoms with Gasteiger partial charge in [-0.25, -0.2) is 4.79 Å². The Kier molecular flexibility index (Phi) is 5.91. The second-order valence-corrected chi connectivity index (χ2v) is 4.58. The van der Waals surface area contributed by atoms with E-state index in [9.17, 15) is 31.5 Å². The summed E-state index contributed by atoms with van der Waals surface area (Å²) in [5.41, 5.74) is -0.820. The fourth-order valence-corrected chi connectivity index (χ4v) is 0.815. The normalized spacial score (nSPS) is 13.0. The summed E-state index contributed by atoms with van der Waals surface area (Å²) in [6.45, 7) is 3.38. The number of carbonyl (C=O) groups is 2. The van der Waals surface area contributed by atoms with E-state index in [-0.39, 0.29) is 0 Å². The molecule has 0 amide bonds. The number of rotatable bonds is 6. The summed E-state index contributed by atoms with van der Waals surface area (Å²) >= 11 is 0. The topological polar surface area (TPSA) is 52.6 Å². The van der Waals surface area contributed by atoms with Gasteiger partial charge in [-0.3, -0.25) is 4.79 Å². The van der Waals surface area contributed by atoms with Gasteiger partial charge < -0.3 is 9.47 Å². The van der Waals surface area contributed by atoms with E-state index in [0.29, 0.717) is 6.42 Å². The molecule has 0 N–H and O–H groups in total. The molecule has 9 heteroatoms. The first-order chi connectivity index (χ1) is 8.86. The van der Waals surface area contributed by atoms with Crippen molar-refractivity contribution in [1.29, 1.82) is 0 Å². The summed E-state index contributed by atoms with van der Waals surface area (Å²) in [7, 11) is 0. The van der Waals surface area contributed by atoms with Gasteiger partial charge in [-0.05, 0) is 20.3 Å². The lowest BCUT2D eigenvalue weighted by Gasteiger charge is -2.21. The Morgan fingerprint density at radius 3 is 1.65 bits per heavy atom. The summed E-state index contributed by atoms with van der Waals surface area (Å²) in [5.74, 6) is -8.98. The predicted molar refractivity (Wildman–Crippen MR) is 57.0 cm³/mol. The average molecular weight is 306 g/mol. The Hall–Kier alpha value is -1.41. The van der Waals surface area contributed by atoms with Gasteiger partial charge in [0.05, 0.1) is 5.41 Å². The first-order valence-electron chi connectivity index (χ1n) is 5.65. The van der Waals surface area contributed by atoms with Crippen LogP contribution in [0, 0.1) is 5.41 Å². The monoisotopic (exact) mass is 306 g/mol. The van der Waals surface area contributed by atoms with Gasteiger partial charge in [-0.1, -0.05) is 6.92 Å². The predicted octanol–water partition coefficient (Wildman–Crippen LogP) is 2.71. The number of hydrogen-bond donors (Lipinski definition) is 0. The zero-order valence-electron chi connectivity index (χ0n) is 11.1. The molecule has 20 heavy (non-hydrogen) atoms. The van der Waals surface area contributed by atoms with Crippen LogP contribution in [0.25, 0.3) is 0 Å². The van der Waals surface area contributed by atoms with Crippen LogP contribution in [0.1, 0.15) is 27.2 Å². The van der Waals surface area contributed by atoms with Crippen molar-refractivity contribution in [2.45, 2.75) is 39.3 Å². The summed E-state index contributed by atoms with van der Waals surface area (Å²) in [6.07, 6.45) is -5.58. The highest BCUT2D eigenvalue weighted by molar-refractivity contribution is 5.78. The Morgan fingerprint density at radius 2 is 1.30 bits per heavy atom. The van der Waals surface area contributed by atoms with Gasteiger partial charge in [0.25, 0.3) is 0 Å². The lowest BCUT2D eigenvalue weighted by atomic mass is 9.91. The first kappa shape index (κ1) is 18.6. The highest BCUT2D eigenvalue weighted by Crippen LogP contribution is 2.36. The van der Waals surface area contributed by atoms with Crippen molar-refractivity contribution in [2.75, 3.05) is 13.2 Å². The third kappa shape index (κ3) is 4.61. The molecule has 0 heterocycles. The van der Waals surface area contributed by atoms with Crippen LogP contribution in [0.3, 0.4) is 0 Å². The number of esters is 2. The first-order valence-corrected chi connectivity index (χ1v) is 5.65. The number of carbonyl (C=O) groups excluding carboxylic acids is 2. The van der Waals surface area contributed by atoms with Crippen molar-refractivity contribution >= 4 is 11.9 Å². The van der Waals surface area contributed by atoms with E-state index < -0.39 is 42.7 Å². The summed E-state index contributed by atoms with van der Waals surface area (Å²) < 4.78 is 68.6. The lowest BCUT2D eigenvalue weighted by molar-refractivity contribution is -0.280. The summed E-state index contributed by atoms with van der Waals surface area (Å²) in [4.78, 5) is 22.0. The number of ether oxygens (including phenoxy) is 2. The molecule has 0 fully saturated rings. The standard InChI is InChI=1S/C11H15F5O4/c1-4-9(2,3)7(17)19-5-6-20-8(18)10(12,13)11(14,15)16/h4-6H2,1-3H3. The third-order valence-corrected chi connectivity index (χ3v) is 2.60. The molecule has 0 atom stereocenters. The van der Waals surface area contributed by atoms with E-state index in [0.717, 1.165) is 0 Å². The molecule has 0 bridgehead atoms. The molecule has 0 spiro atoms. The van der Waals surface area contributed by atoms with Crippen LogP contribution in [-0.4, -0.2) is 37.3 Å². The van der Waals surface area contributed by atoms with Gasteiger partial charge in [-0.15, -0.1) is 0 Å². The fourth-order valence-electron chi connectivity index (χ4n) is 0.815. The van der Waals surface area contributed by atoms with Crippen LogP contribution in [0.4, 0.5) is 22.0 Å². The van der Waals surface area contributed by atoms with Crippen LogP contribution >= 0.6 is 0 Å². The van der Waals surface area contributed by atoms with Crippen molar-refractivity contribution in [3.63, 3.8) is 0 Å². The Labute approximate surface area is 112 Å². The van der Waals surface area contributed by atoms with E-state index in [1.54, 1.807) is 20.8 Å². The largest absolute Gasteiger partial charge is 0.465 e. The maximum absolute atomic E-state index is 12.4. The minimum atomic E-state index is -6.02. The molecule has 4 nitrogen and oxygen atoms in total. The minimum Gasteiger partial charge on any atom is -0.462 e. The maximum Gasteiger partial charge on any atom is 0.465 e. The molecule has 0 unspecified atom stereocenters. The highest BCUT2D eigenvalue weighted by Gasteiger charge is 2.64. The van der Waals surface area contributed by atoms with Crippen LogP contribution in [0.2, 0.25) is 0 Å². The van der Waals surface area contributed by atoms with Gasteiger partial charge in [0.1, 0.15) is 13.2 Å². The average Bonchev–Trinajstić information content (AvgIpc) is 2.32.